The van der Waals surface area contributed by atoms with Crippen LogP contribution in [-0.4, -0.2) is 84.2 Å². The molecule has 1 aromatic rings. The number of esters is 2. The first-order valence-electron chi connectivity index (χ1n) is 8.98. The van der Waals surface area contributed by atoms with Crippen molar-refractivity contribution in [1.29, 1.82) is 0 Å². The highest BCUT2D eigenvalue weighted by atomic mass is 16.6. The van der Waals surface area contributed by atoms with Crippen LogP contribution in [0.25, 0.3) is 0 Å². The highest BCUT2D eigenvalue weighted by Crippen LogP contribution is 2.00. The Hall–Kier alpha value is -3.07. The summed E-state index contributed by atoms with van der Waals surface area (Å²) >= 11 is 0. The van der Waals surface area contributed by atoms with E-state index in [0.717, 1.165) is 7.11 Å². The lowest BCUT2D eigenvalue weighted by Gasteiger charge is -2.18. The topological polar surface area (TPSA) is 200 Å². The van der Waals surface area contributed by atoms with Gasteiger partial charge in [-0.3, -0.25) is 0 Å². The molecule has 4 atom stereocenters. The zero-order chi connectivity index (χ0) is 23.9. The molecule has 0 spiro atoms. The summed E-state index contributed by atoms with van der Waals surface area (Å²) < 4.78 is 10.5. The Kier molecular flexibility index (Phi) is 9.51. The molecule has 174 valence electrons. The van der Waals surface area contributed by atoms with Crippen LogP contribution in [0.1, 0.15) is 6.92 Å². The van der Waals surface area contributed by atoms with Crippen LogP contribution < -0.4 is 17.1 Å². The average Bonchev–Trinajstić information content (AvgIpc) is 2.73. The SMILES string of the molecule is C=CCn1c(=O)n(CC(C)O)c(=O)n(CC(O)COC(=O)C(O)C(O)C(=O)OC)c1=O. The molecule has 0 bridgehead atoms. The van der Waals surface area contributed by atoms with Crippen molar-refractivity contribution >= 4 is 11.9 Å². The maximum atomic E-state index is 12.5. The Balaban J connectivity index is 3.07. The normalized spacial score (nSPS) is 14.9. The third-order valence-corrected chi connectivity index (χ3v) is 3.94. The number of aliphatic hydroxyl groups is 4. The molecule has 0 aliphatic rings. The number of allylic oxidation sites excluding steroid dienone is 1. The molecule has 1 heterocycles. The number of aliphatic hydroxyl groups excluding tert-OH is 4. The number of carbonyl (C=O) groups excluding carboxylic acids is 2. The van der Waals surface area contributed by atoms with Crippen LogP contribution in [0.2, 0.25) is 0 Å². The van der Waals surface area contributed by atoms with Gasteiger partial charge in [-0.05, 0) is 6.92 Å². The maximum absolute atomic E-state index is 12.5. The molecule has 0 saturated heterocycles. The molecule has 0 amide bonds. The van der Waals surface area contributed by atoms with E-state index in [9.17, 15) is 44.4 Å². The highest BCUT2D eigenvalue weighted by molar-refractivity contribution is 5.85. The molecule has 0 aliphatic heterocycles. The van der Waals surface area contributed by atoms with Crippen molar-refractivity contribution in [3.63, 3.8) is 0 Å². The van der Waals surface area contributed by atoms with Crippen LogP contribution in [0.5, 0.6) is 0 Å². The van der Waals surface area contributed by atoms with E-state index in [4.69, 9.17) is 0 Å². The van der Waals surface area contributed by atoms with Crippen molar-refractivity contribution in [1.82, 2.24) is 13.7 Å². The minimum Gasteiger partial charge on any atom is -0.467 e. The second-order valence-electron chi connectivity index (χ2n) is 6.51. The van der Waals surface area contributed by atoms with Crippen molar-refractivity contribution in [3.8, 4) is 0 Å². The van der Waals surface area contributed by atoms with Crippen molar-refractivity contribution in [3.05, 3.63) is 44.1 Å². The molecule has 0 aromatic carbocycles. The molecule has 0 radical (unpaired) electrons. The van der Waals surface area contributed by atoms with Gasteiger partial charge in [0.2, 0.25) is 0 Å². The molecule has 31 heavy (non-hydrogen) atoms. The van der Waals surface area contributed by atoms with E-state index < -0.39 is 73.1 Å². The fraction of sp³-hybridized carbons (Fsp3) is 0.588. The van der Waals surface area contributed by atoms with E-state index in [1.54, 1.807) is 0 Å². The number of nitrogens with zero attached hydrogens (tertiary/aromatic N) is 3. The van der Waals surface area contributed by atoms with E-state index in [0.29, 0.717) is 13.7 Å². The molecular formula is C17H25N3O11. The van der Waals surface area contributed by atoms with Gasteiger partial charge >= 0.3 is 29.0 Å². The van der Waals surface area contributed by atoms with E-state index in [2.05, 4.69) is 16.1 Å². The van der Waals surface area contributed by atoms with E-state index in [1.165, 1.54) is 13.0 Å². The minimum atomic E-state index is -2.29. The standard InChI is InChI=1S/C17H25N3O11/c1-4-5-18-15(27)19(6-9(2)21)17(29)20(16(18)28)7-10(22)8-31-14(26)12(24)11(23)13(25)30-3/h4,9-12,21-24H,1,5-8H2,2-3H3. The first-order valence-corrected chi connectivity index (χ1v) is 8.98. The number of aromatic nitrogens is 3. The van der Waals surface area contributed by atoms with Gasteiger partial charge in [-0.15, -0.1) is 6.58 Å². The number of ether oxygens (including phenoxy) is 2. The second-order valence-corrected chi connectivity index (χ2v) is 6.51. The lowest BCUT2D eigenvalue weighted by atomic mass is 10.2. The van der Waals surface area contributed by atoms with Crippen molar-refractivity contribution in [2.24, 2.45) is 0 Å². The predicted molar refractivity (Wildman–Crippen MR) is 102 cm³/mol. The molecule has 4 N–H and O–H groups in total. The average molecular weight is 447 g/mol. The van der Waals surface area contributed by atoms with Gasteiger partial charge in [0.1, 0.15) is 12.7 Å². The quantitative estimate of drug-likeness (QED) is 0.188. The van der Waals surface area contributed by atoms with Crippen LogP contribution >= 0.6 is 0 Å². The zero-order valence-corrected chi connectivity index (χ0v) is 16.9. The smallest absolute Gasteiger partial charge is 0.338 e. The van der Waals surface area contributed by atoms with E-state index in [1.807, 2.05) is 0 Å². The summed E-state index contributed by atoms with van der Waals surface area (Å²) in [6, 6.07) is 0. The minimum absolute atomic E-state index is 0.250. The fourth-order valence-corrected chi connectivity index (χ4v) is 2.45. The first kappa shape index (κ1) is 26.0. The number of hydrogen-bond acceptors (Lipinski definition) is 11. The zero-order valence-electron chi connectivity index (χ0n) is 16.9. The number of rotatable bonds is 11. The molecule has 0 saturated carbocycles. The Labute approximate surface area is 174 Å². The summed E-state index contributed by atoms with van der Waals surface area (Å²) in [6.07, 6.45) is -6.02. The van der Waals surface area contributed by atoms with Crippen LogP contribution in [-0.2, 0) is 38.7 Å². The third kappa shape index (κ3) is 6.45. The summed E-state index contributed by atoms with van der Waals surface area (Å²) in [5, 5.41) is 38.5. The van der Waals surface area contributed by atoms with Gasteiger partial charge in [0.15, 0.2) is 12.2 Å². The molecule has 1 rings (SSSR count). The van der Waals surface area contributed by atoms with Crippen LogP contribution in [0.3, 0.4) is 0 Å². The summed E-state index contributed by atoms with van der Waals surface area (Å²) in [5.74, 6) is -2.76. The van der Waals surface area contributed by atoms with Gasteiger partial charge in [-0.1, -0.05) is 6.08 Å². The molecule has 0 fully saturated rings. The second kappa shape index (κ2) is 11.4. The Bertz CT molecular complexity index is 975. The molecular weight excluding hydrogens is 422 g/mol. The van der Waals surface area contributed by atoms with Gasteiger partial charge in [-0.2, -0.15) is 0 Å². The van der Waals surface area contributed by atoms with Gasteiger partial charge in [0, 0.05) is 0 Å². The summed E-state index contributed by atoms with van der Waals surface area (Å²) in [4.78, 5) is 60.1. The van der Waals surface area contributed by atoms with Crippen molar-refractivity contribution < 1.29 is 39.5 Å². The Morgan fingerprint density at radius 2 is 1.42 bits per heavy atom. The monoisotopic (exact) mass is 447 g/mol. The van der Waals surface area contributed by atoms with Crippen molar-refractivity contribution in [2.75, 3.05) is 13.7 Å². The number of methoxy groups -OCH3 is 1. The molecule has 0 aliphatic carbocycles. The molecule has 14 heteroatoms. The molecule has 4 unspecified atom stereocenters. The third-order valence-electron chi connectivity index (χ3n) is 3.94. The lowest BCUT2D eigenvalue weighted by molar-refractivity contribution is -0.173. The molecule has 14 nitrogen and oxygen atoms in total. The Morgan fingerprint density at radius 3 is 1.90 bits per heavy atom. The Morgan fingerprint density at radius 1 is 0.935 bits per heavy atom. The van der Waals surface area contributed by atoms with Crippen LogP contribution in [0.15, 0.2) is 27.0 Å². The van der Waals surface area contributed by atoms with Crippen LogP contribution in [0.4, 0.5) is 0 Å². The van der Waals surface area contributed by atoms with Gasteiger partial charge < -0.3 is 29.9 Å². The maximum Gasteiger partial charge on any atom is 0.338 e. The van der Waals surface area contributed by atoms with Gasteiger partial charge in [0.25, 0.3) is 0 Å². The van der Waals surface area contributed by atoms with Crippen LogP contribution in [0, 0.1) is 0 Å². The van der Waals surface area contributed by atoms with Gasteiger partial charge in [0.05, 0.1) is 32.8 Å². The molecule has 1 aromatic heterocycles. The summed E-state index contributed by atoms with van der Waals surface area (Å²) in [7, 11) is 0.918. The van der Waals surface area contributed by atoms with Gasteiger partial charge in [-0.25, -0.2) is 37.7 Å². The van der Waals surface area contributed by atoms with E-state index in [-0.39, 0.29) is 6.54 Å². The summed E-state index contributed by atoms with van der Waals surface area (Å²) in [5.41, 5.74) is -3.15. The first-order chi connectivity index (χ1) is 14.5. The lowest BCUT2D eigenvalue weighted by Crippen LogP contribution is -2.56. The van der Waals surface area contributed by atoms with E-state index >= 15 is 0 Å². The predicted octanol–water partition coefficient (Wildman–Crippen LogP) is -4.46. The summed E-state index contributed by atoms with van der Waals surface area (Å²) in [6.45, 7) is 2.53. The highest BCUT2D eigenvalue weighted by Gasteiger charge is 2.32. The van der Waals surface area contributed by atoms with Crippen molar-refractivity contribution in [2.45, 2.75) is 51.0 Å². The number of carbonyl (C=O) groups is 2. The largest absolute Gasteiger partial charge is 0.467 e. The fourth-order valence-electron chi connectivity index (χ4n) is 2.45. The number of hydrogen-bond donors (Lipinski definition) is 4.